The van der Waals surface area contributed by atoms with Gasteiger partial charge in [-0.15, -0.1) is 0 Å². The highest BCUT2D eigenvalue weighted by atomic mass is 19.4. The van der Waals surface area contributed by atoms with E-state index in [4.69, 9.17) is 0 Å². The lowest BCUT2D eigenvalue weighted by Gasteiger charge is -2.42. The van der Waals surface area contributed by atoms with Crippen LogP contribution in [0.1, 0.15) is 0 Å². The van der Waals surface area contributed by atoms with Gasteiger partial charge in [-0.2, -0.15) is 74.6 Å². The van der Waals surface area contributed by atoms with Crippen molar-refractivity contribution in [3.63, 3.8) is 0 Å². The van der Waals surface area contributed by atoms with Crippen LogP contribution in [0.4, 0.5) is 83.4 Å². The van der Waals surface area contributed by atoms with Gasteiger partial charge in [-0.05, 0) is 0 Å². The Labute approximate surface area is 149 Å². The van der Waals surface area contributed by atoms with Crippen molar-refractivity contribution in [2.75, 3.05) is 0 Å². The molecule has 0 rings (SSSR count). The van der Waals surface area contributed by atoms with E-state index in [2.05, 4.69) is 0 Å². The maximum Gasteiger partial charge on any atom is 0.460 e. The highest BCUT2D eigenvalue weighted by Crippen LogP contribution is 2.64. The lowest BCUT2D eigenvalue weighted by molar-refractivity contribution is -0.459. The molecule has 0 aromatic carbocycles. The van der Waals surface area contributed by atoms with Gasteiger partial charge in [0.15, 0.2) is 0 Å². The molecular weight excluding hydrogens is 497 g/mol. The normalized spacial score (nSPS) is 16.3. The number of hydrogen-bond acceptors (Lipinski definition) is 1. The smallest absolute Gasteiger partial charge is 0.286 e. The van der Waals surface area contributed by atoms with Crippen LogP contribution < -0.4 is 0 Å². The molecule has 20 heteroatoms. The fourth-order valence-corrected chi connectivity index (χ4v) is 1.46. The van der Waals surface area contributed by atoms with Gasteiger partial charge in [0.05, 0.1) is 0 Å². The number of carbonyl (C=O) groups is 1. The molecule has 1 nitrogen and oxygen atoms in total. The van der Waals surface area contributed by atoms with Crippen LogP contribution in [0.2, 0.25) is 0 Å². The van der Waals surface area contributed by atoms with Crippen molar-refractivity contribution in [1.29, 1.82) is 0 Å². The molecule has 0 aliphatic carbocycles. The predicted molar refractivity (Wildman–Crippen MR) is 51.7 cm³/mol. The van der Waals surface area contributed by atoms with E-state index in [1.54, 1.807) is 0 Å². The summed E-state index contributed by atoms with van der Waals surface area (Å²) in [5.41, 5.74) is 0. The summed E-state index contributed by atoms with van der Waals surface area (Å²) in [5.74, 6) is -64.4. The first kappa shape index (κ1) is 28.3. The van der Waals surface area contributed by atoms with Crippen LogP contribution in [0.15, 0.2) is 0 Å². The first-order chi connectivity index (χ1) is 12.6. The Balaban J connectivity index is 6.81. The molecule has 0 fully saturated rings. The summed E-state index contributed by atoms with van der Waals surface area (Å²) in [5, 5.41) is 0. The lowest BCUT2D eigenvalue weighted by atomic mass is 9.88. The monoisotopic (exact) mass is 498 g/mol. The summed E-state index contributed by atoms with van der Waals surface area (Å²) in [4.78, 5) is 10.2. The van der Waals surface area contributed by atoms with Gasteiger partial charge < -0.3 is 0 Å². The Hall–Kier alpha value is -1.66. The highest BCUT2D eigenvalue weighted by Gasteiger charge is 2.95. The standard InChI is InChI=1S/C10HF19O/c11-2(12)1(30)3(13,14)4(15,16)5(17,18)6(19,20)7(21,22)8(23,24)9(25,26)10(27,28)29/h2H. The molecule has 0 aliphatic heterocycles. The molecule has 0 bridgehead atoms. The zero-order chi connectivity index (χ0) is 25.2. The minimum Gasteiger partial charge on any atom is -0.286 e. The summed E-state index contributed by atoms with van der Waals surface area (Å²) < 4.78 is 239. The molecule has 30 heavy (non-hydrogen) atoms. The molecule has 0 aromatic rings. The van der Waals surface area contributed by atoms with E-state index in [0.29, 0.717) is 0 Å². The topological polar surface area (TPSA) is 17.1 Å². The number of Topliss-reactive ketones (excluding diaryl/α,β-unsaturated/α-hetero) is 1. The maximum atomic E-state index is 13.1. The molecular formula is C10HF19O. The predicted octanol–water partition coefficient (Wildman–Crippen LogP) is 5.83. The van der Waals surface area contributed by atoms with Gasteiger partial charge in [-0.25, -0.2) is 8.78 Å². The van der Waals surface area contributed by atoms with Crippen molar-refractivity contribution in [3.05, 3.63) is 0 Å². The molecule has 180 valence electrons. The van der Waals surface area contributed by atoms with Crippen molar-refractivity contribution in [3.8, 4) is 0 Å². The van der Waals surface area contributed by atoms with Crippen LogP contribution in [-0.4, -0.2) is 59.8 Å². The molecule has 0 saturated heterocycles. The van der Waals surface area contributed by atoms with E-state index in [-0.39, 0.29) is 0 Å². The largest absolute Gasteiger partial charge is 0.460 e. The first-order valence-electron chi connectivity index (χ1n) is 6.14. The van der Waals surface area contributed by atoms with Crippen molar-refractivity contribution in [2.24, 2.45) is 0 Å². The Morgan fingerprint density at radius 1 is 0.433 bits per heavy atom. The number of carbonyl (C=O) groups excluding carboxylic acids is 1. The second-order valence-corrected chi connectivity index (χ2v) is 5.18. The summed E-state index contributed by atoms with van der Waals surface area (Å²) >= 11 is 0. The minimum atomic E-state index is -8.91. The third kappa shape index (κ3) is 3.32. The quantitative estimate of drug-likeness (QED) is 0.385. The summed E-state index contributed by atoms with van der Waals surface area (Å²) in [6.45, 7) is 0. The Morgan fingerprint density at radius 2 is 0.667 bits per heavy atom. The number of ketones is 1. The molecule has 0 unspecified atom stereocenters. The van der Waals surface area contributed by atoms with E-state index >= 15 is 0 Å². The third-order valence-electron chi connectivity index (χ3n) is 3.23. The van der Waals surface area contributed by atoms with Crippen LogP contribution in [0.3, 0.4) is 0 Å². The van der Waals surface area contributed by atoms with Crippen molar-refractivity contribution in [1.82, 2.24) is 0 Å². The van der Waals surface area contributed by atoms with Crippen LogP contribution in [0.5, 0.6) is 0 Å². The fourth-order valence-electron chi connectivity index (χ4n) is 1.46. The number of rotatable bonds is 8. The van der Waals surface area contributed by atoms with E-state index in [1.165, 1.54) is 0 Å². The molecule has 0 saturated carbocycles. The van der Waals surface area contributed by atoms with Gasteiger partial charge in [-0.1, -0.05) is 0 Å². The van der Waals surface area contributed by atoms with Crippen LogP contribution in [0, 0.1) is 0 Å². The molecule has 0 atom stereocenters. The van der Waals surface area contributed by atoms with Gasteiger partial charge in [-0.3, -0.25) is 4.79 Å². The Bertz CT molecular complexity index is 655. The van der Waals surface area contributed by atoms with Gasteiger partial charge in [0.2, 0.25) is 0 Å². The van der Waals surface area contributed by atoms with Gasteiger partial charge in [0, 0.05) is 0 Å². The average Bonchev–Trinajstić information content (AvgIpc) is 2.51. The number of halogens is 19. The van der Waals surface area contributed by atoms with E-state index < -0.39 is 59.8 Å². The SMILES string of the molecule is O=C(C(F)F)C(F)(F)C(F)(F)C(F)(F)C(F)(F)C(F)(F)C(F)(F)C(F)(F)C(F)(F)F. The zero-order valence-electron chi connectivity index (χ0n) is 12.7. The molecule has 0 N–H and O–H groups in total. The maximum absolute atomic E-state index is 13.1. The van der Waals surface area contributed by atoms with Gasteiger partial charge >= 0.3 is 54.1 Å². The minimum absolute atomic E-state index is 4.63. The summed E-state index contributed by atoms with van der Waals surface area (Å²) in [7, 11) is 0. The summed E-state index contributed by atoms with van der Waals surface area (Å²) in [6.07, 6.45) is -13.3. The van der Waals surface area contributed by atoms with Crippen LogP contribution in [0.25, 0.3) is 0 Å². The molecule has 0 amide bonds. The molecule has 0 radical (unpaired) electrons. The van der Waals surface area contributed by atoms with Gasteiger partial charge in [0.25, 0.3) is 5.78 Å². The van der Waals surface area contributed by atoms with Crippen LogP contribution in [-0.2, 0) is 4.79 Å². The van der Waals surface area contributed by atoms with E-state index in [0.717, 1.165) is 0 Å². The molecule has 0 heterocycles. The van der Waals surface area contributed by atoms with E-state index in [9.17, 15) is 88.2 Å². The Kier molecular flexibility index (Phi) is 6.54. The molecule has 0 aromatic heterocycles. The molecule has 0 aliphatic rings. The van der Waals surface area contributed by atoms with Gasteiger partial charge in [0.1, 0.15) is 0 Å². The molecule has 0 spiro atoms. The van der Waals surface area contributed by atoms with Crippen molar-refractivity contribution in [2.45, 2.75) is 54.1 Å². The average molecular weight is 498 g/mol. The third-order valence-corrected chi connectivity index (χ3v) is 3.23. The zero-order valence-corrected chi connectivity index (χ0v) is 12.7. The highest BCUT2D eigenvalue weighted by molar-refractivity contribution is 5.89. The summed E-state index contributed by atoms with van der Waals surface area (Å²) in [6, 6.07) is 0. The lowest BCUT2D eigenvalue weighted by Crippen LogP contribution is -2.75. The number of alkyl halides is 19. The number of hydrogen-bond donors (Lipinski definition) is 0. The van der Waals surface area contributed by atoms with Crippen LogP contribution >= 0.6 is 0 Å². The first-order valence-corrected chi connectivity index (χ1v) is 6.14. The van der Waals surface area contributed by atoms with Crippen molar-refractivity contribution < 1.29 is 88.2 Å². The van der Waals surface area contributed by atoms with E-state index in [1.807, 2.05) is 0 Å². The van der Waals surface area contributed by atoms with Crippen molar-refractivity contribution >= 4 is 5.78 Å². The second-order valence-electron chi connectivity index (χ2n) is 5.18. The fraction of sp³-hybridized carbons (Fsp3) is 0.900. The second kappa shape index (κ2) is 6.92. The Morgan fingerprint density at radius 3 is 0.900 bits per heavy atom.